The fourth-order valence-corrected chi connectivity index (χ4v) is 2.92. The molecule has 0 amide bonds. The summed E-state index contributed by atoms with van der Waals surface area (Å²) in [5, 5.41) is 0. The van der Waals surface area contributed by atoms with E-state index in [9.17, 15) is 19.2 Å². The van der Waals surface area contributed by atoms with Crippen LogP contribution in [0.2, 0.25) is 0 Å². The maximum Gasteiger partial charge on any atom is 0.425 e. The van der Waals surface area contributed by atoms with Crippen molar-refractivity contribution in [3.05, 3.63) is 0 Å². The predicted octanol–water partition coefficient (Wildman–Crippen LogP) is -0.190. The van der Waals surface area contributed by atoms with Gasteiger partial charge in [-0.3, -0.25) is 9.59 Å². The van der Waals surface area contributed by atoms with Gasteiger partial charge in [0.1, 0.15) is 0 Å². The minimum atomic E-state index is -1.42. The fraction of sp³-hybridized carbons (Fsp3) is 0.750. The highest BCUT2D eigenvalue weighted by atomic mass is 16.6. The Morgan fingerprint density at radius 2 is 0.958 bits per heavy atom. The summed E-state index contributed by atoms with van der Waals surface area (Å²) in [6.45, 7) is 2.92. The standard InChI is InChI=1S/C16H24N2O6/c1-17-7-3-11(4-8-17)13(19)23-15(21)16(22)24-14(20)12-5-9-18(2)10-6-12/h11-12H,3-10H2,1-2H3. The summed E-state index contributed by atoms with van der Waals surface area (Å²) in [6.07, 6.45) is 2.30. The van der Waals surface area contributed by atoms with E-state index in [0.717, 1.165) is 26.2 Å². The van der Waals surface area contributed by atoms with Crippen LogP contribution in [0.15, 0.2) is 0 Å². The van der Waals surface area contributed by atoms with Crippen molar-refractivity contribution in [2.75, 3.05) is 40.3 Å². The van der Waals surface area contributed by atoms with Crippen molar-refractivity contribution in [3.63, 3.8) is 0 Å². The van der Waals surface area contributed by atoms with Gasteiger partial charge in [0.25, 0.3) is 0 Å². The Bertz CT molecular complexity index is 459. The maximum absolute atomic E-state index is 11.9. The van der Waals surface area contributed by atoms with E-state index < -0.39 is 35.7 Å². The van der Waals surface area contributed by atoms with Gasteiger partial charge in [-0.1, -0.05) is 0 Å². The van der Waals surface area contributed by atoms with E-state index in [1.165, 1.54) is 0 Å². The average molecular weight is 340 g/mol. The van der Waals surface area contributed by atoms with Gasteiger partial charge in [-0.2, -0.15) is 0 Å². The minimum Gasteiger partial charge on any atom is -0.384 e. The van der Waals surface area contributed by atoms with Gasteiger partial charge in [0.2, 0.25) is 0 Å². The zero-order valence-corrected chi connectivity index (χ0v) is 14.2. The van der Waals surface area contributed by atoms with Crippen LogP contribution in [0, 0.1) is 11.8 Å². The Labute approximate surface area is 141 Å². The van der Waals surface area contributed by atoms with Crippen LogP contribution in [0.1, 0.15) is 25.7 Å². The number of esters is 4. The number of carbonyl (C=O) groups is 4. The summed E-state index contributed by atoms with van der Waals surface area (Å²) >= 11 is 0. The molecule has 0 atom stereocenters. The lowest BCUT2D eigenvalue weighted by atomic mass is 9.97. The SMILES string of the molecule is CN1CCC(C(=O)OC(=O)C(=O)OC(=O)C2CCN(C)CC2)CC1. The number of hydrogen-bond donors (Lipinski definition) is 0. The molecule has 8 heteroatoms. The number of rotatable bonds is 2. The molecule has 0 spiro atoms. The van der Waals surface area contributed by atoms with E-state index >= 15 is 0 Å². The first kappa shape index (κ1) is 18.5. The van der Waals surface area contributed by atoms with E-state index in [0.29, 0.717) is 25.7 Å². The normalized spacial score (nSPS) is 21.2. The smallest absolute Gasteiger partial charge is 0.384 e. The molecule has 2 saturated heterocycles. The molecule has 0 bridgehead atoms. The molecule has 2 heterocycles. The van der Waals surface area contributed by atoms with Crippen molar-refractivity contribution in [3.8, 4) is 0 Å². The molecule has 0 aromatic carbocycles. The van der Waals surface area contributed by atoms with Crippen LogP contribution < -0.4 is 0 Å². The first-order valence-corrected chi connectivity index (χ1v) is 8.25. The number of carbonyl (C=O) groups excluding carboxylic acids is 4. The summed E-state index contributed by atoms with van der Waals surface area (Å²) < 4.78 is 9.12. The molecule has 0 aliphatic carbocycles. The molecule has 0 aromatic heterocycles. The molecule has 0 saturated carbocycles. The topological polar surface area (TPSA) is 93.2 Å². The Morgan fingerprint density at radius 1 is 0.667 bits per heavy atom. The fourth-order valence-electron chi connectivity index (χ4n) is 2.92. The van der Waals surface area contributed by atoms with Gasteiger partial charge >= 0.3 is 23.9 Å². The van der Waals surface area contributed by atoms with Gasteiger partial charge in [-0.25, -0.2) is 9.59 Å². The van der Waals surface area contributed by atoms with E-state index in [-0.39, 0.29) is 0 Å². The zero-order valence-electron chi connectivity index (χ0n) is 14.2. The maximum atomic E-state index is 11.9. The molecule has 2 aliphatic heterocycles. The highest BCUT2D eigenvalue weighted by Gasteiger charge is 2.32. The molecular weight excluding hydrogens is 316 g/mol. The minimum absolute atomic E-state index is 0.400. The molecule has 8 nitrogen and oxygen atoms in total. The second kappa shape index (κ2) is 8.34. The van der Waals surface area contributed by atoms with Gasteiger partial charge in [-0.15, -0.1) is 0 Å². The second-order valence-corrected chi connectivity index (χ2v) is 6.57. The van der Waals surface area contributed by atoms with Crippen molar-refractivity contribution < 1.29 is 28.7 Å². The first-order chi connectivity index (χ1) is 11.4. The quantitative estimate of drug-likeness (QED) is 0.388. The highest BCUT2D eigenvalue weighted by molar-refractivity contribution is 6.33. The Balaban J connectivity index is 1.76. The molecule has 2 aliphatic rings. The van der Waals surface area contributed by atoms with Crippen molar-refractivity contribution in [1.82, 2.24) is 9.80 Å². The molecule has 2 fully saturated rings. The van der Waals surface area contributed by atoms with Gasteiger partial charge in [-0.05, 0) is 66.0 Å². The third-order valence-corrected chi connectivity index (χ3v) is 4.66. The Kier molecular flexibility index (Phi) is 6.44. The molecule has 0 N–H and O–H groups in total. The Hall–Kier alpha value is -1.80. The predicted molar refractivity (Wildman–Crippen MR) is 82.6 cm³/mol. The van der Waals surface area contributed by atoms with E-state index in [1.54, 1.807) is 0 Å². The molecule has 0 radical (unpaired) electrons. The van der Waals surface area contributed by atoms with Gasteiger partial charge in [0.05, 0.1) is 11.8 Å². The molecule has 24 heavy (non-hydrogen) atoms. The lowest BCUT2D eigenvalue weighted by molar-refractivity contribution is -0.180. The van der Waals surface area contributed by atoms with Crippen molar-refractivity contribution >= 4 is 23.9 Å². The van der Waals surface area contributed by atoms with Crippen LogP contribution in [0.4, 0.5) is 0 Å². The van der Waals surface area contributed by atoms with Crippen molar-refractivity contribution in [2.45, 2.75) is 25.7 Å². The van der Waals surface area contributed by atoms with Gasteiger partial charge in [0.15, 0.2) is 0 Å². The molecule has 0 aromatic rings. The third-order valence-electron chi connectivity index (χ3n) is 4.66. The average Bonchev–Trinajstić information content (AvgIpc) is 2.55. The van der Waals surface area contributed by atoms with Crippen LogP contribution in [-0.2, 0) is 28.7 Å². The van der Waals surface area contributed by atoms with E-state index in [4.69, 9.17) is 0 Å². The van der Waals surface area contributed by atoms with Crippen molar-refractivity contribution in [2.24, 2.45) is 11.8 Å². The zero-order chi connectivity index (χ0) is 17.7. The summed E-state index contributed by atoms with van der Waals surface area (Å²) in [6, 6.07) is 0. The summed E-state index contributed by atoms with van der Waals surface area (Å²) in [5.74, 6) is -5.08. The van der Waals surface area contributed by atoms with Gasteiger partial charge < -0.3 is 19.3 Å². The number of likely N-dealkylation sites (tertiary alicyclic amines) is 2. The first-order valence-electron chi connectivity index (χ1n) is 8.25. The monoisotopic (exact) mass is 340 g/mol. The molecule has 2 rings (SSSR count). The van der Waals surface area contributed by atoms with E-state index in [2.05, 4.69) is 19.3 Å². The van der Waals surface area contributed by atoms with Crippen LogP contribution in [0.3, 0.4) is 0 Å². The summed E-state index contributed by atoms with van der Waals surface area (Å²) in [5.41, 5.74) is 0. The lowest BCUT2D eigenvalue weighted by Crippen LogP contribution is -2.38. The summed E-state index contributed by atoms with van der Waals surface area (Å²) in [4.78, 5) is 51.2. The Morgan fingerprint density at radius 3 is 1.25 bits per heavy atom. The van der Waals surface area contributed by atoms with Crippen LogP contribution in [0.5, 0.6) is 0 Å². The van der Waals surface area contributed by atoms with Crippen molar-refractivity contribution in [1.29, 1.82) is 0 Å². The van der Waals surface area contributed by atoms with Crippen LogP contribution in [0.25, 0.3) is 0 Å². The highest BCUT2D eigenvalue weighted by Crippen LogP contribution is 2.19. The van der Waals surface area contributed by atoms with Crippen LogP contribution >= 0.6 is 0 Å². The number of ether oxygens (including phenoxy) is 2. The molecule has 134 valence electrons. The van der Waals surface area contributed by atoms with E-state index in [1.807, 2.05) is 14.1 Å². The molecule has 0 unspecified atom stereocenters. The summed E-state index contributed by atoms with van der Waals surface area (Å²) in [7, 11) is 3.89. The van der Waals surface area contributed by atoms with Gasteiger partial charge in [0, 0.05) is 0 Å². The second-order valence-electron chi connectivity index (χ2n) is 6.57. The largest absolute Gasteiger partial charge is 0.425 e. The number of hydrogen-bond acceptors (Lipinski definition) is 8. The third kappa shape index (κ3) is 5.10. The number of piperidine rings is 2. The number of nitrogens with zero attached hydrogens (tertiary/aromatic N) is 2. The lowest BCUT2D eigenvalue weighted by Gasteiger charge is -2.27. The molecular formula is C16H24N2O6. The van der Waals surface area contributed by atoms with Crippen LogP contribution in [-0.4, -0.2) is 74.0 Å².